The number of nitrogens with zero attached hydrogens (tertiary/aromatic N) is 2. The first-order valence-electron chi connectivity index (χ1n) is 5.69. The van der Waals surface area contributed by atoms with Crippen LogP contribution in [0.4, 0.5) is 0 Å². The average Bonchev–Trinajstić information content (AvgIpc) is 2.67. The largest absolute Gasteiger partial charge is 0.323 e. The van der Waals surface area contributed by atoms with Crippen LogP contribution in [0.2, 0.25) is 0 Å². The third kappa shape index (κ3) is 2.75. The van der Waals surface area contributed by atoms with Gasteiger partial charge in [0.25, 0.3) is 0 Å². The molecule has 1 aromatic heterocycles. The first-order valence-corrected chi connectivity index (χ1v) is 6.46. The molecule has 0 aromatic carbocycles. The highest BCUT2D eigenvalue weighted by Crippen LogP contribution is 2.31. The Hall–Kier alpha value is -0.480. The van der Waals surface area contributed by atoms with Crippen LogP contribution in [0.1, 0.15) is 63.1 Å². The highest BCUT2D eigenvalue weighted by Gasteiger charge is 2.23. The second-order valence-corrected chi connectivity index (χ2v) is 5.07. The molecule has 1 unspecified atom stereocenters. The lowest BCUT2D eigenvalue weighted by Crippen LogP contribution is -2.20. The van der Waals surface area contributed by atoms with Crippen molar-refractivity contribution in [1.82, 2.24) is 9.59 Å². The smallest absolute Gasteiger partial charge is 0.0829 e. The van der Waals surface area contributed by atoms with Crippen LogP contribution in [0.25, 0.3) is 0 Å². The summed E-state index contributed by atoms with van der Waals surface area (Å²) in [6, 6.07) is 0.109. The molecule has 0 aliphatic rings. The maximum atomic E-state index is 6.27. The minimum atomic E-state index is 0.109. The van der Waals surface area contributed by atoms with Gasteiger partial charge in [0, 0.05) is 6.04 Å². The standard InChI is InChI=1S/C11H21N3S/c1-5-8(6-2)9(12)11-10(7(3)4)13-14-15-11/h7-9H,5-6,12H2,1-4H3. The molecule has 86 valence electrons. The van der Waals surface area contributed by atoms with Crippen LogP contribution in [0.3, 0.4) is 0 Å². The van der Waals surface area contributed by atoms with Gasteiger partial charge in [-0.3, -0.25) is 0 Å². The molecular formula is C11H21N3S. The van der Waals surface area contributed by atoms with Crippen molar-refractivity contribution in [3.63, 3.8) is 0 Å². The van der Waals surface area contributed by atoms with E-state index in [1.54, 1.807) is 0 Å². The Labute approximate surface area is 96.2 Å². The van der Waals surface area contributed by atoms with E-state index in [0.29, 0.717) is 11.8 Å². The minimum absolute atomic E-state index is 0.109. The van der Waals surface area contributed by atoms with Crippen LogP contribution in [0.15, 0.2) is 0 Å². The van der Waals surface area contributed by atoms with E-state index in [4.69, 9.17) is 5.73 Å². The Kier molecular flexibility index (Phi) is 4.67. The summed E-state index contributed by atoms with van der Waals surface area (Å²) in [7, 11) is 0. The third-order valence-corrected chi connectivity index (χ3v) is 3.79. The summed E-state index contributed by atoms with van der Waals surface area (Å²) in [6.45, 7) is 8.66. The molecule has 0 aliphatic heterocycles. The van der Waals surface area contributed by atoms with Crippen molar-refractivity contribution in [3.8, 4) is 0 Å². The fourth-order valence-corrected chi connectivity index (χ4v) is 2.75. The van der Waals surface area contributed by atoms with E-state index in [-0.39, 0.29) is 6.04 Å². The summed E-state index contributed by atoms with van der Waals surface area (Å²) in [5.74, 6) is 0.962. The van der Waals surface area contributed by atoms with Crippen molar-refractivity contribution in [1.29, 1.82) is 0 Å². The molecule has 0 saturated heterocycles. The molecule has 0 amide bonds. The van der Waals surface area contributed by atoms with Crippen molar-refractivity contribution in [2.75, 3.05) is 0 Å². The van der Waals surface area contributed by atoms with E-state index in [1.165, 1.54) is 16.4 Å². The quantitative estimate of drug-likeness (QED) is 0.841. The van der Waals surface area contributed by atoms with Gasteiger partial charge in [0.15, 0.2) is 0 Å². The van der Waals surface area contributed by atoms with Gasteiger partial charge in [-0.1, -0.05) is 45.0 Å². The van der Waals surface area contributed by atoms with Crippen molar-refractivity contribution in [2.45, 2.75) is 52.5 Å². The van der Waals surface area contributed by atoms with Crippen LogP contribution < -0.4 is 5.73 Å². The second-order valence-electron chi connectivity index (χ2n) is 4.28. The van der Waals surface area contributed by atoms with Gasteiger partial charge >= 0.3 is 0 Å². The lowest BCUT2D eigenvalue weighted by atomic mass is 9.91. The Morgan fingerprint density at radius 3 is 2.33 bits per heavy atom. The highest BCUT2D eigenvalue weighted by atomic mass is 32.1. The molecule has 1 atom stereocenters. The zero-order chi connectivity index (χ0) is 11.4. The molecule has 0 fully saturated rings. The Bertz CT molecular complexity index is 292. The first kappa shape index (κ1) is 12.6. The normalized spacial score (nSPS) is 13.8. The van der Waals surface area contributed by atoms with Crippen molar-refractivity contribution >= 4 is 11.5 Å². The van der Waals surface area contributed by atoms with Gasteiger partial charge in [-0.05, 0) is 23.4 Å². The summed E-state index contributed by atoms with van der Waals surface area (Å²) < 4.78 is 4.03. The van der Waals surface area contributed by atoms with Gasteiger partial charge in [0.2, 0.25) is 0 Å². The first-order chi connectivity index (χ1) is 7.11. The summed E-state index contributed by atoms with van der Waals surface area (Å²) in [5.41, 5.74) is 7.36. The van der Waals surface area contributed by atoms with E-state index >= 15 is 0 Å². The number of aromatic nitrogens is 2. The number of hydrogen-bond donors (Lipinski definition) is 1. The highest BCUT2D eigenvalue weighted by molar-refractivity contribution is 7.05. The van der Waals surface area contributed by atoms with Crippen molar-refractivity contribution < 1.29 is 0 Å². The number of nitrogens with two attached hydrogens (primary N) is 1. The number of rotatable bonds is 5. The third-order valence-electron chi connectivity index (χ3n) is 2.95. The van der Waals surface area contributed by atoms with E-state index in [9.17, 15) is 0 Å². The van der Waals surface area contributed by atoms with Crippen molar-refractivity contribution in [3.05, 3.63) is 10.6 Å². The van der Waals surface area contributed by atoms with Crippen LogP contribution in [-0.4, -0.2) is 9.59 Å². The summed E-state index contributed by atoms with van der Waals surface area (Å²) in [6.07, 6.45) is 2.24. The second kappa shape index (κ2) is 5.56. The fraction of sp³-hybridized carbons (Fsp3) is 0.818. The van der Waals surface area contributed by atoms with Crippen LogP contribution in [0, 0.1) is 5.92 Å². The van der Waals surface area contributed by atoms with Crippen LogP contribution >= 0.6 is 11.5 Å². The molecule has 1 rings (SSSR count). The number of hydrogen-bond acceptors (Lipinski definition) is 4. The molecule has 0 saturated carbocycles. The SMILES string of the molecule is CCC(CC)C(N)c1snnc1C(C)C. The summed E-state index contributed by atoms with van der Waals surface area (Å²) in [5, 5.41) is 4.18. The van der Waals surface area contributed by atoms with E-state index < -0.39 is 0 Å². The molecule has 0 bridgehead atoms. The van der Waals surface area contributed by atoms with Crippen LogP contribution in [-0.2, 0) is 0 Å². The van der Waals surface area contributed by atoms with E-state index in [1.807, 2.05) is 0 Å². The molecular weight excluding hydrogens is 206 g/mol. The van der Waals surface area contributed by atoms with Gasteiger partial charge in [-0.2, -0.15) is 0 Å². The van der Waals surface area contributed by atoms with Crippen LogP contribution in [0.5, 0.6) is 0 Å². The fourth-order valence-electron chi connectivity index (χ4n) is 1.85. The zero-order valence-corrected chi connectivity index (χ0v) is 10.8. The van der Waals surface area contributed by atoms with E-state index in [0.717, 1.165) is 18.5 Å². The summed E-state index contributed by atoms with van der Waals surface area (Å²) in [4.78, 5) is 1.18. The lowest BCUT2D eigenvalue weighted by molar-refractivity contribution is 0.407. The maximum Gasteiger partial charge on any atom is 0.0829 e. The average molecular weight is 227 g/mol. The molecule has 0 radical (unpaired) electrons. The minimum Gasteiger partial charge on any atom is -0.323 e. The van der Waals surface area contributed by atoms with Gasteiger partial charge in [0.05, 0.1) is 10.6 Å². The van der Waals surface area contributed by atoms with Gasteiger partial charge in [-0.25, -0.2) is 0 Å². The van der Waals surface area contributed by atoms with E-state index in [2.05, 4.69) is 37.3 Å². The van der Waals surface area contributed by atoms with Gasteiger partial charge in [0.1, 0.15) is 0 Å². The molecule has 2 N–H and O–H groups in total. The Morgan fingerprint density at radius 1 is 1.27 bits per heavy atom. The zero-order valence-electron chi connectivity index (χ0n) is 10.0. The summed E-state index contributed by atoms with van der Waals surface area (Å²) >= 11 is 1.46. The molecule has 15 heavy (non-hydrogen) atoms. The predicted octanol–water partition coefficient (Wildman–Crippen LogP) is 3.10. The maximum absolute atomic E-state index is 6.27. The predicted molar refractivity (Wildman–Crippen MR) is 65.0 cm³/mol. The van der Waals surface area contributed by atoms with Gasteiger partial charge in [-0.15, -0.1) is 5.10 Å². The topological polar surface area (TPSA) is 51.8 Å². The molecule has 4 heteroatoms. The molecule has 3 nitrogen and oxygen atoms in total. The Balaban J connectivity index is 2.89. The van der Waals surface area contributed by atoms with Gasteiger partial charge < -0.3 is 5.73 Å². The molecule has 1 aromatic rings. The van der Waals surface area contributed by atoms with Crippen molar-refractivity contribution in [2.24, 2.45) is 11.7 Å². The monoisotopic (exact) mass is 227 g/mol. The molecule has 1 heterocycles. The molecule has 0 spiro atoms. The lowest BCUT2D eigenvalue weighted by Gasteiger charge is -2.20. The Morgan fingerprint density at radius 2 is 1.87 bits per heavy atom. The molecule has 0 aliphatic carbocycles.